The second-order valence-electron chi connectivity index (χ2n) is 6.45. The Morgan fingerprint density at radius 1 is 1.00 bits per heavy atom. The number of ether oxygens (including phenoxy) is 2. The second-order valence-corrected chi connectivity index (χ2v) is 6.45. The van der Waals surface area contributed by atoms with Crippen LogP contribution in [0.5, 0.6) is 5.75 Å². The molecule has 2 aromatic carbocycles. The molecule has 0 aromatic heterocycles. The molecule has 3 rings (SSSR count). The van der Waals surface area contributed by atoms with Gasteiger partial charge in [0.15, 0.2) is 0 Å². The molecular formula is C21H24N2O4. The van der Waals surface area contributed by atoms with Crippen molar-refractivity contribution in [1.82, 2.24) is 5.32 Å². The van der Waals surface area contributed by atoms with E-state index in [2.05, 4.69) is 10.6 Å². The van der Waals surface area contributed by atoms with Crippen molar-refractivity contribution in [2.75, 3.05) is 25.1 Å². The van der Waals surface area contributed by atoms with Crippen LogP contribution in [0.25, 0.3) is 0 Å². The Labute approximate surface area is 158 Å². The lowest BCUT2D eigenvalue weighted by Gasteiger charge is -2.21. The van der Waals surface area contributed by atoms with Crippen LogP contribution in [0.4, 0.5) is 5.69 Å². The average molecular weight is 368 g/mol. The molecule has 0 bridgehead atoms. The smallest absolute Gasteiger partial charge is 0.243 e. The molecule has 6 heteroatoms. The summed E-state index contributed by atoms with van der Waals surface area (Å²) in [6.45, 7) is 1.65. The van der Waals surface area contributed by atoms with E-state index in [1.54, 1.807) is 24.3 Å². The first-order valence-electron chi connectivity index (χ1n) is 9.13. The third-order valence-corrected chi connectivity index (χ3v) is 4.40. The van der Waals surface area contributed by atoms with E-state index in [1.807, 2.05) is 30.3 Å². The molecule has 0 spiro atoms. The van der Waals surface area contributed by atoms with Gasteiger partial charge in [-0.15, -0.1) is 0 Å². The van der Waals surface area contributed by atoms with Crippen LogP contribution in [-0.2, 0) is 20.9 Å². The predicted octanol–water partition coefficient (Wildman–Crippen LogP) is 2.75. The summed E-state index contributed by atoms with van der Waals surface area (Å²) in [6.07, 6.45) is 1.41. The minimum atomic E-state index is -0.256. The van der Waals surface area contributed by atoms with Gasteiger partial charge in [0.05, 0.1) is 6.54 Å². The SMILES string of the molecule is O=C(CNC(=O)C1CCOCC1)Nc1ccc(OCc2ccccc2)cc1. The molecule has 1 fully saturated rings. The lowest BCUT2D eigenvalue weighted by molar-refractivity contribution is -0.129. The average Bonchev–Trinajstić information content (AvgIpc) is 2.73. The van der Waals surface area contributed by atoms with Crippen molar-refractivity contribution in [3.05, 3.63) is 60.2 Å². The number of carbonyl (C=O) groups excluding carboxylic acids is 2. The van der Waals surface area contributed by atoms with Crippen LogP contribution in [0.15, 0.2) is 54.6 Å². The van der Waals surface area contributed by atoms with Gasteiger partial charge in [-0.2, -0.15) is 0 Å². The number of carbonyl (C=O) groups is 2. The Hall–Kier alpha value is -2.86. The molecule has 27 heavy (non-hydrogen) atoms. The standard InChI is InChI=1S/C21H24N2O4/c24-20(14-22-21(25)17-10-12-26-13-11-17)23-18-6-8-19(9-7-18)27-15-16-4-2-1-3-5-16/h1-9,17H,10-15H2,(H,22,25)(H,23,24). The number of amides is 2. The van der Waals surface area contributed by atoms with Crippen molar-refractivity contribution in [3.8, 4) is 5.75 Å². The maximum atomic E-state index is 12.0. The molecule has 0 atom stereocenters. The fourth-order valence-electron chi connectivity index (χ4n) is 2.85. The highest BCUT2D eigenvalue weighted by molar-refractivity contribution is 5.94. The summed E-state index contributed by atoms with van der Waals surface area (Å²) >= 11 is 0. The monoisotopic (exact) mass is 368 g/mol. The maximum Gasteiger partial charge on any atom is 0.243 e. The van der Waals surface area contributed by atoms with Gasteiger partial charge in [0.25, 0.3) is 0 Å². The number of anilines is 1. The Morgan fingerprint density at radius 2 is 1.70 bits per heavy atom. The molecule has 0 saturated carbocycles. The van der Waals surface area contributed by atoms with Crippen LogP contribution >= 0.6 is 0 Å². The summed E-state index contributed by atoms with van der Waals surface area (Å²) in [5.41, 5.74) is 1.75. The second kappa shape index (κ2) is 9.73. The van der Waals surface area contributed by atoms with Gasteiger partial charge < -0.3 is 20.1 Å². The van der Waals surface area contributed by atoms with Crippen LogP contribution in [0.1, 0.15) is 18.4 Å². The van der Waals surface area contributed by atoms with Gasteiger partial charge in [0, 0.05) is 24.8 Å². The van der Waals surface area contributed by atoms with E-state index < -0.39 is 0 Å². The van der Waals surface area contributed by atoms with Gasteiger partial charge in [-0.3, -0.25) is 9.59 Å². The molecule has 0 unspecified atom stereocenters. The fourth-order valence-corrected chi connectivity index (χ4v) is 2.85. The number of nitrogens with one attached hydrogen (secondary N) is 2. The minimum Gasteiger partial charge on any atom is -0.489 e. The zero-order valence-corrected chi connectivity index (χ0v) is 15.1. The third-order valence-electron chi connectivity index (χ3n) is 4.40. The Kier molecular flexibility index (Phi) is 6.82. The topological polar surface area (TPSA) is 76.7 Å². The molecule has 1 aliphatic heterocycles. The highest BCUT2D eigenvalue weighted by Crippen LogP contribution is 2.17. The zero-order valence-electron chi connectivity index (χ0n) is 15.1. The molecule has 0 radical (unpaired) electrons. The molecule has 0 aliphatic carbocycles. The van der Waals surface area contributed by atoms with Gasteiger partial charge >= 0.3 is 0 Å². The molecule has 2 N–H and O–H groups in total. The van der Waals surface area contributed by atoms with E-state index in [9.17, 15) is 9.59 Å². The van der Waals surface area contributed by atoms with E-state index in [4.69, 9.17) is 9.47 Å². The first kappa shape index (κ1) is 18.9. The van der Waals surface area contributed by atoms with E-state index in [-0.39, 0.29) is 24.3 Å². The van der Waals surface area contributed by atoms with Crippen molar-refractivity contribution < 1.29 is 19.1 Å². The number of hydrogen-bond donors (Lipinski definition) is 2. The van der Waals surface area contributed by atoms with Crippen LogP contribution < -0.4 is 15.4 Å². The summed E-state index contributed by atoms with van der Waals surface area (Å²) in [7, 11) is 0. The summed E-state index contributed by atoms with van der Waals surface area (Å²) in [6, 6.07) is 17.1. The van der Waals surface area contributed by atoms with E-state index >= 15 is 0 Å². The van der Waals surface area contributed by atoms with Crippen molar-refractivity contribution in [2.45, 2.75) is 19.4 Å². The molecular weight excluding hydrogens is 344 g/mol. The van der Waals surface area contributed by atoms with Crippen molar-refractivity contribution in [2.24, 2.45) is 5.92 Å². The van der Waals surface area contributed by atoms with E-state index in [1.165, 1.54) is 0 Å². The van der Waals surface area contributed by atoms with Crippen molar-refractivity contribution in [1.29, 1.82) is 0 Å². The van der Waals surface area contributed by atoms with Crippen LogP contribution in [0.2, 0.25) is 0 Å². The highest BCUT2D eigenvalue weighted by atomic mass is 16.5. The summed E-state index contributed by atoms with van der Waals surface area (Å²) in [5, 5.41) is 5.46. The van der Waals surface area contributed by atoms with Crippen molar-refractivity contribution >= 4 is 17.5 Å². The quantitative estimate of drug-likeness (QED) is 0.788. The van der Waals surface area contributed by atoms with Crippen LogP contribution in [0.3, 0.4) is 0 Å². The third kappa shape index (κ3) is 6.11. The normalized spacial score (nSPS) is 14.4. The van der Waals surface area contributed by atoms with Gasteiger partial charge in [0.2, 0.25) is 11.8 Å². The molecule has 2 amide bonds. The molecule has 1 saturated heterocycles. The number of rotatable bonds is 7. The van der Waals surface area contributed by atoms with Gasteiger partial charge in [-0.1, -0.05) is 30.3 Å². The van der Waals surface area contributed by atoms with Gasteiger partial charge in [-0.25, -0.2) is 0 Å². The predicted molar refractivity (Wildman–Crippen MR) is 102 cm³/mol. The fraction of sp³-hybridized carbons (Fsp3) is 0.333. The molecule has 2 aromatic rings. The van der Waals surface area contributed by atoms with Crippen LogP contribution in [0, 0.1) is 5.92 Å². The highest BCUT2D eigenvalue weighted by Gasteiger charge is 2.21. The zero-order chi connectivity index (χ0) is 18.9. The first-order valence-corrected chi connectivity index (χ1v) is 9.13. The lowest BCUT2D eigenvalue weighted by Crippen LogP contribution is -2.38. The van der Waals surface area contributed by atoms with Gasteiger partial charge in [-0.05, 0) is 42.7 Å². The summed E-state index contributed by atoms with van der Waals surface area (Å²) < 4.78 is 11.0. The van der Waals surface area contributed by atoms with E-state index in [0.717, 1.165) is 11.3 Å². The van der Waals surface area contributed by atoms with E-state index in [0.29, 0.717) is 38.3 Å². The summed E-state index contributed by atoms with van der Waals surface area (Å²) in [4.78, 5) is 24.0. The molecule has 1 aliphatic rings. The maximum absolute atomic E-state index is 12.0. The van der Waals surface area contributed by atoms with Crippen molar-refractivity contribution in [3.63, 3.8) is 0 Å². The molecule has 1 heterocycles. The molecule has 142 valence electrons. The lowest BCUT2D eigenvalue weighted by atomic mass is 9.99. The van der Waals surface area contributed by atoms with Gasteiger partial charge in [0.1, 0.15) is 12.4 Å². The first-order chi connectivity index (χ1) is 13.2. The molecule has 6 nitrogen and oxygen atoms in total. The number of hydrogen-bond acceptors (Lipinski definition) is 4. The Morgan fingerprint density at radius 3 is 2.41 bits per heavy atom. The summed E-state index contributed by atoms with van der Waals surface area (Å²) in [5.74, 6) is 0.323. The largest absolute Gasteiger partial charge is 0.489 e. The van der Waals surface area contributed by atoms with Crippen LogP contribution in [-0.4, -0.2) is 31.6 Å². The minimum absolute atomic E-state index is 0.0392. The Balaban J connectivity index is 1.40. The number of benzene rings is 2. The Bertz CT molecular complexity index is 741.